The van der Waals surface area contributed by atoms with Gasteiger partial charge in [0.05, 0.1) is 8.66 Å². The van der Waals surface area contributed by atoms with Crippen LogP contribution in [0.25, 0.3) is 0 Å². The molecule has 17 heavy (non-hydrogen) atoms. The van der Waals surface area contributed by atoms with E-state index in [1.807, 2.05) is 24.1 Å². The molecule has 1 heterocycles. The van der Waals surface area contributed by atoms with Gasteiger partial charge in [-0.25, -0.2) is 0 Å². The average molecular weight is 317 g/mol. The number of amides is 1. The van der Waals surface area contributed by atoms with Crippen LogP contribution in [0.2, 0.25) is 0 Å². The molecule has 1 aliphatic rings. The first kappa shape index (κ1) is 13.1. The van der Waals surface area contributed by atoms with Gasteiger partial charge in [0.2, 0.25) is 0 Å². The zero-order chi connectivity index (χ0) is 12.4. The van der Waals surface area contributed by atoms with Gasteiger partial charge in [0.1, 0.15) is 0 Å². The third kappa shape index (κ3) is 3.09. The molecule has 1 fully saturated rings. The lowest BCUT2D eigenvalue weighted by Gasteiger charge is -2.33. The second-order valence-electron chi connectivity index (χ2n) is 4.59. The Balaban J connectivity index is 2.00. The second kappa shape index (κ2) is 5.50. The van der Waals surface area contributed by atoms with E-state index in [0.29, 0.717) is 12.1 Å². The summed E-state index contributed by atoms with van der Waals surface area (Å²) in [5.74, 6) is 0.126. The minimum absolute atomic E-state index is 0.126. The second-order valence-corrected chi connectivity index (χ2v) is 7.05. The minimum Gasteiger partial charge on any atom is -0.338 e. The van der Waals surface area contributed by atoms with Crippen LogP contribution in [0.4, 0.5) is 0 Å². The third-order valence-corrected chi connectivity index (χ3v) is 5.01. The van der Waals surface area contributed by atoms with Crippen LogP contribution in [-0.4, -0.2) is 29.9 Å². The minimum atomic E-state index is 0.126. The molecule has 0 saturated heterocycles. The first-order valence-corrected chi connectivity index (χ1v) is 7.47. The lowest BCUT2D eigenvalue weighted by Crippen LogP contribution is -2.41. The predicted molar refractivity (Wildman–Crippen MR) is 74.3 cm³/mol. The van der Waals surface area contributed by atoms with Gasteiger partial charge < -0.3 is 10.6 Å². The maximum Gasteiger partial charge on any atom is 0.263 e. The molecule has 0 spiro atoms. The van der Waals surface area contributed by atoms with E-state index in [-0.39, 0.29) is 5.91 Å². The highest BCUT2D eigenvalue weighted by atomic mass is 79.9. The topological polar surface area (TPSA) is 46.3 Å². The standard InChI is InChI=1S/C12H17BrN2OS/c1-15(9-4-2-8(14)3-5-9)12(16)10-6-7-11(13)17-10/h6-9H,2-5,14H2,1H3. The summed E-state index contributed by atoms with van der Waals surface area (Å²) in [7, 11) is 1.90. The summed E-state index contributed by atoms with van der Waals surface area (Å²) >= 11 is 4.87. The lowest BCUT2D eigenvalue weighted by molar-refractivity contribution is 0.0695. The highest BCUT2D eigenvalue weighted by Gasteiger charge is 2.26. The summed E-state index contributed by atoms with van der Waals surface area (Å²) in [5, 5.41) is 0. The maximum absolute atomic E-state index is 12.2. The molecule has 1 amide bonds. The molecule has 1 aliphatic carbocycles. The lowest BCUT2D eigenvalue weighted by atomic mass is 9.91. The number of thiophene rings is 1. The van der Waals surface area contributed by atoms with Gasteiger partial charge in [-0.15, -0.1) is 11.3 Å². The molecule has 1 aromatic rings. The van der Waals surface area contributed by atoms with Crippen LogP contribution < -0.4 is 5.73 Å². The highest BCUT2D eigenvalue weighted by molar-refractivity contribution is 9.11. The summed E-state index contributed by atoms with van der Waals surface area (Å²) in [6, 6.07) is 4.47. The third-order valence-electron chi connectivity index (χ3n) is 3.39. The van der Waals surface area contributed by atoms with Crippen LogP contribution in [0.3, 0.4) is 0 Å². The molecule has 1 saturated carbocycles. The van der Waals surface area contributed by atoms with Crippen molar-refractivity contribution in [2.24, 2.45) is 5.73 Å². The summed E-state index contributed by atoms with van der Waals surface area (Å²) in [5.41, 5.74) is 5.88. The van der Waals surface area contributed by atoms with Crippen LogP contribution in [0.15, 0.2) is 15.9 Å². The molecular formula is C12H17BrN2OS. The Morgan fingerprint density at radius 3 is 2.59 bits per heavy atom. The number of carbonyl (C=O) groups excluding carboxylic acids is 1. The number of hydrogen-bond donors (Lipinski definition) is 1. The monoisotopic (exact) mass is 316 g/mol. The van der Waals surface area contributed by atoms with E-state index in [1.165, 1.54) is 11.3 Å². The maximum atomic E-state index is 12.2. The van der Waals surface area contributed by atoms with E-state index in [1.54, 1.807) is 0 Å². The molecule has 0 unspecified atom stereocenters. The summed E-state index contributed by atoms with van der Waals surface area (Å²) < 4.78 is 1.000. The van der Waals surface area contributed by atoms with Crippen LogP contribution in [-0.2, 0) is 0 Å². The SMILES string of the molecule is CN(C(=O)c1ccc(Br)s1)C1CCC(N)CC1. The van der Waals surface area contributed by atoms with Crippen molar-refractivity contribution < 1.29 is 4.79 Å². The van der Waals surface area contributed by atoms with Crippen molar-refractivity contribution in [3.05, 3.63) is 20.8 Å². The molecule has 2 rings (SSSR count). The van der Waals surface area contributed by atoms with E-state index in [4.69, 9.17) is 5.73 Å². The summed E-state index contributed by atoms with van der Waals surface area (Å²) in [6.07, 6.45) is 4.10. The molecule has 0 bridgehead atoms. The number of carbonyl (C=O) groups is 1. The molecule has 94 valence electrons. The zero-order valence-electron chi connectivity index (χ0n) is 9.86. The zero-order valence-corrected chi connectivity index (χ0v) is 12.3. The van der Waals surface area contributed by atoms with Gasteiger partial charge in [-0.05, 0) is 53.7 Å². The van der Waals surface area contributed by atoms with Crippen molar-refractivity contribution in [1.29, 1.82) is 0 Å². The fraction of sp³-hybridized carbons (Fsp3) is 0.583. The number of rotatable bonds is 2. The Labute approximate surface area is 114 Å². The summed E-state index contributed by atoms with van der Waals surface area (Å²) in [6.45, 7) is 0. The Hall–Kier alpha value is -0.390. The van der Waals surface area contributed by atoms with Gasteiger partial charge in [-0.2, -0.15) is 0 Å². The molecular weight excluding hydrogens is 300 g/mol. The van der Waals surface area contributed by atoms with Crippen molar-refractivity contribution in [2.75, 3.05) is 7.05 Å². The highest BCUT2D eigenvalue weighted by Crippen LogP contribution is 2.26. The fourth-order valence-corrected chi connectivity index (χ4v) is 3.63. The van der Waals surface area contributed by atoms with E-state index in [0.717, 1.165) is 34.3 Å². The molecule has 5 heteroatoms. The predicted octanol–water partition coefficient (Wildman–Crippen LogP) is 2.85. The van der Waals surface area contributed by atoms with E-state index in [2.05, 4.69) is 15.9 Å². The van der Waals surface area contributed by atoms with Crippen LogP contribution in [0.1, 0.15) is 35.4 Å². The molecule has 0 aliphatic heterocycles. The van der Waals surface area contributed by atoms with Gasteiger partial charge in [0.15, 0.2) is 0 Å². The first-order chi connectivity index (χ1) is 8.08. The Kier molecular flexibility index (Phi) is 4.22. The average Bonchev–Trinajstić information content (AvgIpc) is 2.75. The molecule has 0 radical (unpaired) electrons. The smallest absolute Gasteiger partial charge is 0.263 e. The van der Waals surface area contributed by atoms with Gasteiger partial charge in [-0.3, -0.25) is 4.79 Å². The van der Waals surface area contributed by atoms with Gasteiger partial charge in [0.25, 0.3) is 5.91 Å². The van der Waals surface area contributed by atoms with Crippen molar-refractivity contribution >= 4 is 33.2 Å². The molecule has 2 N–H and O–H groups in total. The van der Waals surface area contributed by atoms with Gasteiger partial charge in [0, 0.05) is 19.1 Å². The quantitative estimate of drug-likeness (QED) is 0.912. The number of nitrogens with zero attached hydrogens (tertiary/aromatic N) is 1. The number of nitrogens with two attached hydrogens (primary N) is 1. The first-order valence-electron chi connectivity index (χ1n) is 5.86. The van der Waals surface area contributed by atoms with Crippen molar-refractivity contribution in [3.8, 4) is 0 Å². The van der Waals surface area contributed by atoms with Crippen LogP contribution >= 0.6 is 27.3 Å². The van der Waals surface area contributed by atoms with Crippen molar-refractivity contribution in [2.45, 2.75) is 37.8 Å². The fourth-order valence-electron chi connectivity index (χ4n) is 2.26. The van der Waals surface area contributed by atoms with E-state index < -0.39 is 0 Å². The van der Waals surface area contributed by atoms with Crippen molar-refractivity contribution in [1.82, 2.24) is 4.90 Å². The van der Waals surface area contributed by atoms with Gasteiger partial charge >= 0.3 is 0 Å². The van der Waals surface area contributed by atoms with E-state index in [9.17, 15) is 4.79 Å². The molecule has 0 aromatic carbocycles. The summed E-state index contributed by atoms with van der Waals surface area (Å²) in [4.78, 5) is 14.9. The molecule has 0 atom stereocenters. The number of hydrogen-bond acceptors (Lipinski definition) is 3. The van der Waals surface area contributed by atoms with Crippen LogP contribution in [0, 0.1) is 0 Å². The molecule has 1 aromatic heterocycles. The normalized spacial score (nSPS) is 24.6. The Morgan fingerprint density at radius 1 is 1.41 bits per heavy atom. The van der Waals surface area contributed by atoms with Crippen LogP contribution in [0.5, 0.6) is 0 Å². The van der Waals surface area contributed by atoms with Gasteiger partial charge in [-0.1, -0.05) is 0 Å². The van der Waals surface area contributed by atoms with E-state index >= 15 is 0 Å². The Bertz CT molecular complexity index is 399. The molecule has 3 nitrogen and oxygen atoms in total. The number of halogens is 1. The largest absolute Gasteiger partial charge is 0.338 e. The Morgan fingerprint density at radius 2 is 2.06 bits per heavy atom. The van der Waals surface area contributed by atoms with Crippen molar-refractivity contribution in [3.63, 3.8) is 0 Å².